The Labute approximate surface area is 119 Å². The molecule has 2 atom stereocenters. The van der Waals surface area contributed by atoms with Crippen LogP contribution in [0.5, 0.6) is 0 Å². The number of nitrogens with two attached hydrogens (primary N) is 1. The number of hydrogen-bond acceptors (Lipinski definition) is 5. The molecule has 4 nitrogen and oxygen atoms in total. The summed E-state index contributed by atoms with van der Waals surface area (Å²) >= 11 is 1.81. The smallest absolute Gasteiger partial charge is 0.185 e. The average Bonchev–Trinajstić information content (AvgIpc) is 3.14. The highest BCUT2D eigenvalue weighted by Crippen LogP contribution is 2.44. The van der Waals surface area contributed by atoms with Crippen LogP contribution in [0.1, 0.15) is 43.2 Å². The molecular weight excluding hydrogens is 256 g/mol. The molecule has 106 valence electrons. The van der Waals surface area contributed by atoms with Crippen LogP contribution in [-0.4, -0.2) is 42.1 Å². The standard InChI is InChI=1S/C14H24N4S/c1-9-7-18(8-10(2)17(9)3)14-16-13(11-4-5-11)12(6-15)19-14/h9-11H,4-8,15H2,1-3H3. The van der Waals surface area contributed by atoms with E-state index in [0.29, 0.717) is 24.5 Å². The first-order valence-electron chi connectivity index (χ1n) is 7.26. The molecule has 1 aliphatic carbocycles. The Morgan fingerprint density at radius 1 is 1.26 bits per heavy atom. The lowest BCUT2D eigenvalue weighted by molar-refractivity contribution is 0.170. The van der Waals surface area contributed by atoms with Crippen molar-refractivity contribution in [2.24, 2.45) is 5.73 Å². The van der Waals surface area contributed by atoms with E-state index in [2.05, 4.69) is 30.7 Å². The van der Waals surface area contributed by atoms with Crippen LogP contribution in [-0.2, 0) is 6.54 Å². The second-order valence-corrected chi connectivity index (χ2v) is 7.11. The molecule has 5 heteroatoms. The SMILES string of the molecule is CC1CN(c2nc(C3CC3)c(CN)s2)CC(C)N1C. The Morgan fingerprint density at radius 2 is 1.89 bits per heavy atom. The van der Waals surface area contributed by atoms with Crippen molar-refractivity contribution in [3.63, 3.8) is 0 Å². The third-order valence-electron chi connectivity index (χ3n) is 4.50. The summed E-state index contributed by atoms with van der Waals surface area (Å²) in [4.78, 5) is 11.1. The van der Waals surface area contributed by atoms with Gasteiger partial charge in [-0.15, -0.1) is 11.3 Å². The van der Waals surface area contributed by atoms with Crippen molar-refractivity contribution < 1.29 is 0 Å². The van der Waals surface area contributed by atoms with Gasteiger partial charge in [-0.1, -0.05) is 0 Å². The summed E-state index contributed by atoms with van der Waals surface area (Å²) in [7, 11) is 2.22. The van der Waals surface area contributed by atoms with Crippen molar-refractivity contribution in [1.82, 2.24) is 9.88 Å². The number of piperazine rings is 1. The Hall–Kier alpha value is -0.650. The van der Waals surface area contributed by atoms with E-state index in [9.17, 15) is 0 Å². The van der Waals surface area contributed by atoms with Crippen LogP contribution in [0.25, 0.3) is 0 Å². The number of aromatic nitrogens is 1. The maximum Gasteiger partial charge on any atom is 0.185 e. The molecule has 3 rings (SSSR count). The molecule has 1 saturated heterocycles. The maximum atomic E-state index is 5.88. The summed E-state index contributed by atoms with van der Waals surface area (Å²) in [5.41, 5.74) is 7.17. The van der Waals surface area contributed by atoms with Crippen LogP contribution in [0.15, 0.2) is 0 Å². The molecule has 1 saturated carbocycles. The Balaban J connectivity index is 1.82. The van der Waals surface area contributed by atoms with E-state index in [1.54, 1.807) is 0 Å². The largest absolute Gasteiger partial charge is 0.345 e. The first-order valence-corrected chi connectivity index (χ1v) is 8.08. The molecule has 0 amide bonds. The molecule has 2 N–H and O–H groups in total. The minimum Gasteiger partial charge on any atom is -0.345 e. The van der Waals surface area contributed by atoms with Gasteiger partial charge in [0.05, 0.1) is 5.69 Å². The van der Waals surface area contributed by atoms with E-state index in [1.165, 1.54) is 28.5 Å². The van der Waals surface area contributed by atoms with Crippen LogP contribution in [0.3, 0.4) is 0 Å². The summed E-state index contributed by atoms with van der Waals surface area (Å²) in [5.74, 6) is 0.700. The molecule has 0 bridgehead atoms. The number of hydrogen-bond donors (Lipinski definition) is 1. The third-order valence-corrected chi connectivity index (χ3v) is 5.65. The van der Waals surface area contributed by atoms with Crippen LogP contribution < -0.4 is 10.6 Å². The molecule has 0 radical (unpaired) electrons. The average molecular weight is 280 g/mol. The van der Waals surface area contributed by atoms with E-state index in [4.69, 9.17) is 10.7 Å². The predicted molar refractivity (Wildman–Crippen MR) is 80.9 cm³/mol. The molecule has 1 aromatic heterocycles. The number of likely N-dealkylation sites (N-methyl/N-ethyl adjacent to an activating group) is 1. The highest BCUT2D eigenvalue weighted by Gasteiger charge is 2.32. The quantitative estimate of drug-likeness (QED) is 0.920. The van der Waals surface area contributed by atoms with Gasteiger partial charge in [-0.25, -0.2) is 4.98 Å². The summed E-state index contributed by atoms with van der Waals surface area (Å²) in [6.45, 7) is 7.37. The summed E-state index contributed by atoms with van der Waals surface area (Å²) in [5, 5.41) is 1.19. The molecule has 1 aromatic rings. The number of thiazole rings is 1. The van der Waals surface area contributed by atoms with E-state index >= 15 is 0 Å². The van der Waals surface area contributed by atoms with E-state index < -0.39 is 0 Å². The zero-order chi connectivity index (χ0) is 13.6. The Bertz CT molecular complexity index is 442. The van der Waals surface area contributed by atoms with Gasteiger partial charge in [-0.2, -0.15) is 0 Å². The molecule has 2 aliphatic rings. The second kappa shape index (κ2) is 5.04. The van der Waals surface area contributed by atoms with Gasteiger partial charge in [0.15, 0.2) is 5.13 Å². The number of rotatable bonds is 3. The number of anilines is 1. The van der Waals surface area contributed by atoms with E-state index in [0.717, 1.165) is 13.1 Å². The molecule has 0 spiro atoms. The zero-order valence-electron chi connectivity index (χ0n) is 12.1. The molecule has 0 aromatic carbocycles. The minimum atomic E-state index is 0.582. The van der Waals surface area contributed by atoms with E-state index in [-0.39, 0.29) is 0 Å². The Morgan fingerprint density at radius 3 is 2.42 bits per heavy atom. The van der Waals surface area contributed by atoms with Gasteiger partial charge in [0.2, 0.25) is 0 Å². The Kier molecular flexibility index (Phi) is 3.53. The lowest BCUT2D eigenvalue weighted by Crippen LogP contribution is -2.55. The highest BCUT2D eigenvalue weighted by molar-refractivity contribution is 7.15. The van der Waals surface area contributed by atoms with Crippen LogP contribution in [0.2, 0.25) is 0 Å². The fourth-order valence-electron chi connectivity index (χ4n) is 2.87. The van der Waals surface area contributed by atoms with Gasteiger partial charge < -0.3 is 10.6 Å². The normalized spacial score (nSPS) is 28.9. The topological polar surface area (TPSA) is 45.4 Å². The minimum absolute atomic E-state index is 0.582. The lowest BCUT2D eigenvalue weighted by Gasteiger charge is -2.42. The van der Waals surface area contributed by atoms with Crippen molar-refractivity contribution in [2.45, 2.75) is 51.2 Å². The van der Waals surface area contributed by atoms with Gasteiger partial charge in [0.25, 0.3) is 0 Å². The monoisotopic (exact) mass is 280 g/mol. The first-order chi connectivity index (χ1) is 9.10. The van der Waals surface area contributed by atoms with Gasteiger partial charge in [0, 0.05) is 42.5 Å². The van der Waals surface area contributed by atoms with Crippen LogP contribution in [0.4, 0.5) is 5.13 Å². The summed E-state index contributed by atoms with van der Waals surface area (Å²) in [6, 6.07) is 1.16. The molecular formula is C14H24N4S. The molecule has 19 heavy (non-hydrogen) atoms. The van der Waals surface area contributed by atoms with Gasteiger partial charge >= 0.3 is 0 Å². The van der Waals surface area contributed by atoms with Crippen molar-refractivity contribution in [2.75, 3.05) is 25.0 Å². The van der Waals surface area contributed by atoms with Crippen molar-refractivity contribution in [3.05, 3.63) is 10.6 Å². The summed E-state index contributed by atoms with van der Waals surface area (Å²) in [6.07, 6.45) is 2.59. The molecule has 1 aliphatic heterocycles. The second-order valence-electron chi connectivity index (χ2n) is 6.05. The van der Waals surface area contributed by atoms with E-state index in [1.807, 2.05) is 11.3 Å². The maximum absolute atomic E-state index is 5.88. The zero-order valence-corrected chi connectivity index (χ0v) is 12.9. The highest BCUT2D eigenvalue weighted by atomic mass is 32.1. The van der Waals surface area contributed by atoms with Crippen LogP contribution >= 0.6 is 11.3 Å². The van der Waals surface area contributed by atoms with Crippen LogP contribution in [0, 0.1) is 0 Å². The third kappa shape index (κ3) is 2.51. The first kappa shape index (κ1) is 13.3. The predicted octanol–water partition coefficient (Wildman–Crippen LogP) is 2.01. The van der Waals surface area contributed by atoms with Crippen molar-refractivity contribution in [3.8, 4) is 0 Å². The van der Waals surface area contributed by atoms with Crippen molar-refractivity contribution in [1.29, 1.82) is 0 Å². The molecule has 2 unspecified atom stereocenters. The molecule has 2 heterocycles. The fourth-order valence-corrected chi connectivity index (χ4v) is 3.91. The van der Waals surface area contributed by atoms with Gasteiger partial charge in [-0.3, -0.25) is 4.90 Å². The van der Waals surface area contributed by atoms with Gasteiger partial charge in [-0.05, 0) is 33.7 Å². The molecule has 2 fully saturated rings. The van der Waals surface area contributed by atoms with Crippen molar-refractivity contribution >= 4 is 16.5 Å². The fraction of sp³-hybridized carbons (Fsp3) is 0.786. The van der Waals surface area contributed by atoms with Gasteiger partial charge in [0.1, 0.15) is 0 Å². The lowest BCUT2D eigenvalue weighted by atomic mass is 10.1. The summed E-state index contributed by atoms with van der Waals surface area (Å²) < 4.78 is 0. The number of nitrogens with zero attached hydrogens (tertiary/aromatic N) is 3.